The SMILES string of the molecule is CN1CCC(n2cc(-c3ccccc3)c(-c3cn(C)c(=O)c4[nH]c(/C(C=N)=C/NC(F)(F)F)cc34)cc2=O)CC1. The molecule has 0 unspecified atom stereocenters. The number of alkyl halides is 3. The molecule has 1 aliphatic heterocycles. The number of hydrogen-bond acceptors (Lipinski definition) is 5. The number of likely N-dealkylation sites (tertiary alicyclic amines) is 1. The maximum Gasteiger partial charge on any atom is 0.481 e. The van der Waals surface area contributed by atoms with Gasteiger partial charge in [-0.15, -0.1) is 0 Å². The van der Waals surface area contributed by atoms with E-state index in [1.165, 1.54) is 16.0 Å². The molecule has 0 atom stereocenters. The number of H-pyrrole nitrogens is 1. The van der Waals surface area contributed by atoms with E-state index < -0.39 is 6.30 Å². The Labute approximate surface area is 227 Å². The van der Waals surface area contributed by atoms with E-state index in [2.05, 4.69) is 16.9 Å². The highest BCUT2D eigenvalue weighted by molar-refractivity contribution is 6.10. The second-order valence-electron chi connectivity index (χ2n) is 10.1. The number of benzene rings is 1. The Morgan fingerprint density at radius 2 is 1.73 bits per heavy atom. The molecule has 0 spiro atoms. The fourth-order valence-electron chi connectivity index (χ4n) is 5.24. The van der Waals surface area contributed by atoms with Gasteiger partial charge in [0.2, 0.25) is 0 Å². The fraction of sp³-hybridized carbons (Fsp3) is 0.276. The highest BCUT2D eigenvalue weighted by Crippen LogP contribution is 2.36. The zero-order valence-electron chi connectivity index (χ0n) is 22.0. The van der Waals surface area contributed by atoms with E-state index in [9.17, 15) is 22.8 Å². The molecule has 0 saturated carbocycles. The second kappa shape index (κ2) is 10.6. The van der Waals surface area contributed by atoms with Crippen LogP contribution in [0.15, 0.2) is 70.6 Å². The van der Waals surface area contributed by atoms with Gasteiger partial charge in [-0.25, -0.2) is 0 Å². The van der Waals surface area contributed by atoms with Gasteiger partial charge in [-0.3, -0.25) is 9.59 Å². The van der Waals surface area contributed by atoms with Crippen molar-refractivity contribution < 1.29 is 13.2 Å². The molecule has 4 aromatic rings. The lowest BCUT2D eigenvalue weighted by Gasteiger charge is -2.30. The van der Waals surface area contributed by atoms with E-state index in [0.717, 1.165) is 43.3 Å². The predicted molar refractivity (Wildman–Crippen MR) is 150 cm³/mol. The van der Waals surface area contributed by atoms with Crippen LogP contribution >= 0.6 is 0 Å². The summed E-state index contributed by atoms with van der Waals surface area (Å²) in [6, 6.07) is 12.8. The first-order chi connectivity index (χ1) is 19.1. The van der Waals surface area contributed by atoms with Crippen LogP contribution in [0.5, 0.6) is 0 Å². The lowest BCUT2D eigenvalue weighted by Crippen LogP contribution is -2.35. The van der Waals surface area contributed by atoms with Crippen LogP contribution < -0.4 is 16.4 Å². The average Bonchev–Trinajstić information content (AvgIpc) is 3.37. The normalized spacial score (nSPS) is 15.5. The summed E-state index contributed by atoms with van der Waals surface area (Å²) in [5, 5.41) is 9.39. The van der Waals surface area contributed by atoms with Crippen LogP contribution in [0, 0.1) is 5.41 Å². The van der Waals surface area contributed by atoms with Gasteiger partial charge in [0, 0.05) is 71.7 Å². The van der Waals surface area contributed by atoms with Gasteiger partial charge in [0.25, 0.3) is 11.1 Å². The van der Waals surface area contributed by atoms with Gasteiger partial charge in [-0.2, -0.15) is 13.2 Å². The second-order valence-corrected chi connectivity index (χ2v) is 10.1. The summed E-state index contributed by atoms with van der Waals surface area (Å²) in [5.74, 6) is 0. The van der Waals surface area contributed by atoms with Gasteiger partial charge in [0.05, 0.1) is 0 Å². The molecule has 208 valence electrons. The van der Waals surface area contributed by atoms with E-state index in [0.29, 0.717) is 22.7 Å². The predicted octanol–water partition coefficient (Wildman–Crippen LogP) is 4.73. The van der Waals surface area contributed by atoms with Crippen molar-refractivity contribution in [2.75, 3.05) is 20.1 Å². The Morgan fingerprint density at radius 1 is 1.02 bits per heavy atom. The van der Waals surface area contributed by atoms with E-state index in [4.69, 9.17) is 5.41 Å². The van der Waals surface area contributed by atoms with E-state index >= 15 is 0 Å². The molecular formula is C29H29F3N6O2. The largest absolute Gasteiger partial charge is 0.481 e. The lowest BCUT2D eigenvalue weighted by atomic mass is 9.94. The van der Waals surface area contributed by atoms with Crippen LogP contribution in [0.2, 0.25) is 0 Å². The standard InChI is InChI=1S/C29H29F3N6O2/c1-36-10-8-20(9-11-36)38-17-23(18-6-4-3-5-7-18)21(13-26(38)39)24-16-37(2)28(40)27-22(24)12-25(35-27)19(14-33)15-34-29(30,31)32/h3-7,12-17,20,33-35H,8-11H2,1-2H3/b19-15+,33-14?. The smallest absolute Gasteiger partial charge is 0.350 e. The number of rotatable bonds is 6. The minimum Gasteiger partial charge on any atom is -0.350 e. The van der Waals surface area contributed by atoms with Gasteiger partial charge >= 0.3 is 6.30 Å². The maximum atomic E-state index is 13.5. The molecule has 0 bridgehead atoms. The fourth-order valence-corrected chi connectivity index (χ4v) is 5.24. The quantitative estimate of drug-likeness (QED) is 0.239. The molecule has 1 saturated heterocycles. The molecule has 0 amide bonds. The molecule has 3 N–H and O–H groups in total. The molecule has 1 aromatic carbocycles. The molecule has 1 fully saturated rings. The van der Waals surface area contributed by atoms with Gasteiger partial charge < -0.3 is 29.7 Å². The number of nitrogens with one attached hydrogen (secondary N) is 3. The Morgan fingerprint density at radius 3 is 2.38 bits per heavy atom. The Kier molecular flexibility index (Phi) is 7.24. The number of allylic oxidation sites excluding steroid dienone is 1. The van der Waals surface area contributed by atoms with Crippen molar-refractivity contribution in [2.24, 2.45) is 7.05 Å². The number of piperidine rings is 1. The van der Waals surface area contributed by atoms with E-state index in [1.54, 1.807) is 23.9 Å². The first kappa shape index (κ1) is 27.2. The molecular weight excluding hydrogens is 521 g/mol. The number of aromatic nitrogens is 3. The number of pyridine rings is 2. The number of fused-ring (bicyclic) bond motifs is 1. The zero-order chi connectivity index (χ0) is 28.6. The van der Waals surface area contributed by atoms with Crippen molar-refractivity contribution in [3.8, 4) is 22.3 Å². The van der Waals surface area contributed by atoms with E-state index in [-0.39, 0.29) is 33.9 Å². The molecule has 0 aliphatic carbocycles. The minimum absolute atomic E-state index is 0.0561. The van der Waals surface area contributed by atoms with Gasteiger partial charge in [0.15, 0.2) is 0 Å². The lowest BCUT2D eigenvalue weighted by molar-refractivity contribution is -0.146. The van der Waals surface area contributed by atoms with Crippen LogP contribution in [-0.2, 0) is 7.05 Å². The van der Waals surface area contributed by atoms with Crippen molar-refractivity contribution in [3.05, 3.63) is 87.5 Å². The van der Waals surface area contributed by atoms with Crippen molar-refractivity contribution in [1.82, 2.24) is 24.3 Å². The monoisotopic (exact) mass is 550 g/mol. The Hall–Kier alpha value is -4.38. The van der Waals surface area contributed by atoms with Crippen LogP contribution in [-0.4, -0.2) is 51.7 Å². The van der Waals surface area contributed by atoms with Crippen LogP contribution in [0.1, 0.15) is 24.6 Å². The Balaban J connectivity index is 1.73. The molecule has 11 heteroatoms. The number of nitrogens with zero attached hydrogens (tertiary/aromatic N) is 3. The third-order valence-corrected chi connectivity index (χ3v) is 7.36. The highest BCUT2D eigenvalue weighted by Gasteiger charge is 2.26. The number of halogens is 3. The van der Waals surface area contributed by atoms with E-state index in [1.807, 2.05) is 36.5 Å². The molecule has 3 aromatic heterocycles. The summed E-state index contributed by atoms with van der Waals surface area (Å²) < 4.78 is 41.5. The third kappa shape index (κ3) is 5.37. The average molecular weight is 551 g/mol. The summed E-state index contributed by atoms with van der Waals surface area (Å²) in [6.07, 6.45) is 1.96. The summed E-state index contributed by atoms with van der Waals surface area (Å²) in [5.41, 5.74) is 2.51. The minimum atomic E-state index is -4.68. The number of aryl methyl sites for hydroxylation is 1. The molecule has 4 heterocycles. The van der Waals surface area contributed by atoms with Gasteiger partial charge in [0.1, 0.15) is 5.52 Å². The molecule has 5 rings (SSSR count). The topological polar surface area (TPSA) is 98.9 Å². The number of aromatic amines is 1. The zero-order valence-corrected chi connectivity index (χ0v) is 22.0. The van der Waals surface area contributed by atoms with Gasteiger partial charge in [-0.1, -0.05) is 30.3 Å². The van der Waals surface area contributed by atoms with Crippen molar-refractivity contribution in [2.45, 2.75) is 25.2 Å². The van der Waals surface area contributed by atoms with Crippen molar-refractivity contribution >= 4 is 22.7 Å². The summed E-state index contributed by atoms with van der Waals surface area (Å²) in [6.45, 7) is 1.78. The van der Waals surface area contributed by atoms with Crippen molar-refractivity contribution in [3.63, 3.8) is 0 Å². The first-order valence-electron chi connectivity index (χ1n) is 12.8. The van der Waals surface area contributed by atoms with Crippen LogP contribution in [0.4, 0.5) is 13.2 Å². The molecule has 1 aliphatic rings. The van der Waals surface area contributed by atoms with Crippen LogP contribution in [0.3, 0.4) is 0 Å². The number of hydrogen-bond donors (Lipinski definition) is 3. The molecule has 0 radical (unpaired) electrons. The van der Waals surface area contributed by atoms with Gasteiger partial charge in [-0.05, 0) is 50.2 Å². The molecule has 40 heavy (non-hydrogen) atoms. The van der Waals surface area contributed by atoms with Crippen LogP contribution in [0.25, 0.3) is 38.7 Å². The summed E-state index contributed by atoms with van der Waals surface area (Å²) in [4.78, 5) is 31.7. The maximum absolute atomic E-state index is 13.5. The highest BCUT2D eigenvalue weighted by atomic mass is 19.4. The summed E-state index contributed by atoms with van der Waals surface area (Å²) in [7, 11) is 3.64. The van der Waals surface area contributed by atoms with Crippen molar-refractivity contribution in [1.29, 1.82) is 5.41 Å². The Bertz CT molecular complexity index is 1710. The third-order valence-electron chi connectivity index (χ3n) is 7.36. The summed E-state index contributed by atoms with van der Waals surface area (Å²) >= 11 is 0. The first-order valence-corrected chi connectivity index (χ1v) is 12.8. The molecule has 8 nitrogen and oxygen atoms in total.